The van der Waals surface area contributed by atoms with Crippen LogP contribution < -0.4 is 15.0 Å². The highest BCUT2D eigenvalue weighted by atomic mass is 79.9. The van der Waals surface area contributed by atoms with Gasteiger partial charge in [0.25, 0.3) is 5.56 Å². The Kier molecular flexibility index (Phi) is 9.20. The number of fused-ring (bicyclic) bond motifs is 1. The number of para-hydroxylation sites is 1. The third kappa shape index (κ3) is 6.40. The van der Waals surface area contributed by atoms with Crippen LogP contribution in [0, 0.1) is 17.0 Å². The fourth-order valence-corrected chi connectivity index (χ4v) is 5.46. The molecule has 5 aromatic rings. The van der Waals surface area contributed by atoms with Gasteiger partial charge in [-0.05, 0) is 82.7 Å². The zero-order valence-electron chi connectivity index (χ0n) is 24.8. The zero-order chi connectivity index (χ0) is 31.4. The maximum Gasteiger partial charge on any atom is 0.312 e. The van der Waals surface area contributed by atoms with Crippen LogP contribution in [0.5, 0.6) is 11.5 Å². The van der Waals surface area contributed by atoms with Crippen LogP contribution in [0.3, 0.4) is 0 Å². The van der Waals surface area contributed by atoms with Crippen LogP contribution in [-0.2, 0) is 6.61 Å². The molecule has 0 unspecified atom stereocenters. The molecule has 0 amide bonds. The van der Waals surface area contributed by atoms with E-state index in [1.807, 2.05) is 62.4 Å². The highest BCUT2D eigenvalue weighted by Crippen LogP contribution is 2.37. The highest BCUT2D eigenvalue weighted by Gasteiger charge is 2.21. The minimum absolute atomic E-state index is 0.104. The van der Waals surface area contributed by atoms with E-state index < -0.39 is 4.92 Å². The summed E-state index contributed by atoms with van der Waals surface area (Å²) >= 11 is 3.43. The summed E-state index contributed by atoms with van der Waals surface area (Å²) in [5.74, 6) is 1.39. The zero-order valence-corrected chi connectivity index (χ0v) is 26.4. The van der Waals surface area contributed by atoms with E-state index in [1.54, 1.807) is 24.3 Å². The first-order valence-corrected chi connectivity index (χ1v) is 15.0. The Morgan fingerprint density at radius 1 is 1.05 bits per heavy atom. The summed E-state index contributed by atoms with van der Waals surface area (Å²) in [6, 6.07) is 23.5. The molecule has 10 heteroatoms. The lowest BCUT2D eigenvalue weighted by molar-refractivity contribution is -0.386. The lowest BCUT2D eigenvalue weighted by Crippen LogP contribution is -2.21. The Bertz CT molecular complexity index is 1940. The number of halogens is 1. The van der Waals surface area contributed by atoms with Gasteiger partial charge in [0, 0.05) is 17.2 Å². The van der Waals surface area contributed by atoms with Crippen LogP contribution in [0.15, 0.2) is 93.2 Å². The maximum atomic E-state index is 13.8. The average Bonchev–Trinajstić information content (AvgIpc) is 3.00. The summed E-state index contributed by atoms with van der Waals surface area (Å²) in [6.07, 6.45) is 1.41. The Morgan fingerprint density at radius 3 is 2.48 bits per heavy atom. The lowest BCUT2D eigenvalue weighted by Gasteiger charge is -2.18. The molecule has 0 aliphatic rings. The minimum atomic E-state index is -0.506. The van der Waals surface area contributed by atoms with E-state index in [2.05, 4.69) is 34.9 Å². The fourth-order valence-electron chi connectivity index (χ4n) is 4.88. The second-order valence-corrected chi connectivity index (χ2v) is 11.3. The number of aromatic nitrogens is 2. The predicted octanol–water partition coefficient (Wildman–Crippen LogP) is 8.03. The monoisotopic (exact) mass is 654 g/mol. The van der Waals surface area contributed by atoms with Crippen molar-refractivity contribution in [2.45, 2.75) is 40.2 Å². The van der Waals surface area contributed by atoms with Gasteiger partial charge in [-0.3, -0.25) is 14.9 Å². The van der Waals surface area contributed by atoms with Crippen molar-refractivity contribution in [2.24, 2.45) is 5.10 Å². The van der Waals surface area contributed by atoms with E-state index in [-0.39, 0.29) is 29.5 Å². The molecule has 0 N–H and O–H groups in total. The van der Waals surface area contributed by atoms with Gasteiger partial charge >= 0.3 is 5.69 Å². The normalized spacial score (nSPS) is 11.4. The van der Waals surface area contributed by atoms with Crippen LogP contribution in [0.4, 0.5) is 5.69 Å². The second kappa shape index (κ2) is 13.2. The van der Waals surface area contributed by atoms with E-state index >= 15 is 0 Å². The number of ether oxygens (including phenoxy) is 2. The smallest absolute Gasteiger partial charge is 0.312 e. The molecule has 0 aliphatic carbocycles. The van der Waals surface area contributed by atoms with Crippen LogP contribution >= 0.6 is 15.9 Å². The predicted molar refractivity (Wildman–Crippen MR) is 176 cm³/mol. The van der Waals surface area contributed by atoms with Crippen molar-refractivity contribution in [2.75, 3.05) is 6.61 Å². The van der Waals surface area contributed by atoms with Crippen LogP contribution in [-0.4, -0.2) is 27.4 Å². The lowest BCUT2D eigenvalue weighted by atomic mass is 9.96. The molecule has 1 heterocycles. The molecule has 0 aliphatic heterocycles. The van der Waals surface area contributed by atoms with Crippen molar-refractivity contribution < 1.29 is 14.4 Å². The van der Waals surface area contributed by atoms with Gasteiger partial charge in [-0.2, -0.15) is 9.78 Å². The number of rotatable bonds is 10. The molecular formula is C34H31BrN4O5. The van der Waals surface area contributed by atoms with Gasteiger partial charge in [-0.15, -0.1) is 0 Å². The van der Waals surface area contributed by atoms with Gasteiger partial charge in [0.05, 0.1) is 33.1 Å². The largest absolute Gasteiger partial charge is 0.494 e. The number of nitrogens with zero attached hydrogens (tertiary/aromatic N) is 4. The first kappa shape index (κ1) is 30.6. The molecule has 0 saturated carbocycles. The molecule has 44 heavy (non-hydrogen) atoms. The minimum Gasteiger partial charge on any atom is -0.494 e. The topological polar surface area (TPSA) is 109 Å². The van der Waals surface area contributed by atoms with Crippen molar-refractivity contribution in [3.63, 3.8) is 0 Å². The Hall–Kier alpha value is -4.83. The van der Waals surface area contributed by atoms with Gasteiger partial charge in [-0.25, -0.2) is 4.98 Å². The molecule has 0 fully saturated rings. The van der Waals surface area contributed by atoms with E-state index in [9.17, 15) is 14.9 Å². The summed E-state index contributed by atoms with van der Waals surface area (Å²) < 4.78 is 13.4. The first-order chi connectivity index (χ1) is 21.2. The molecule has 0 bridgehead atoms. The summed E-state index contributed by atoms with van der Waals surface area (Å²) in [5, 5.41) is 17.0. The Labute approximate surface area is 263 Å². The summed E-state index contributed by atoms with van der Waals surface area (Å²) in [6.45, 7) is 8.72. The SMILES string of the molecule is CCOc1cc(C)c(-c2nc3ccccc3c(=O)n2N=Cc2cc(Br)c(OCc3ccccc3)c([N+](=O)[O-])c2)cc1C(C)C. The number of nitro groups is 1. The van der Waals surface area contributed by atoms with Gasteiger partial charge in [0.2, 0.25) is 5.75 Å². The maximum absolute atomic E-state index is 13.8. The van der Waals surface area contributed by atoms with Crippen LogP contribution in [0.1, 0.15) is 48.9 Å². The molecule has 1 aromatic heterocycles. The van der Waals surface area contributed by atoms with E-state index in [0.29, 0.717) is 33.4 Å². The number of nitro benzene ring substituents is 1. The Balaban J connectivity index is 1.62. The number of benzene rings is 4. The van der Waals surface area contributed by atoms with Gasteiger partial charge in [-0.1, -0.05) is 56.3 Å². The first-order valence-electron chi connectivity index (χ1n) is 14.2. The van der Waals surface area contributed by atoms with Gasteiger partial charge < -0.3 is 9.47 Å². The summed E-state index contributed by atoms with van der Waals surface area (Å²) in [7, 11) is 0. The quantitative estimate of drug-likeness (QED) is 0.0857. The van der Waals surface area contributed by atoms with Crippen molar-refractivity contribution in [1.29, 1.82) is 0 Å². The summed E-state index contributed by atoms with van der Waals surface area (Å²) in [5.41, 5.74) is 3.79. The summed E-state index contributed by atoms with van der Waals surface area (Å²) in [4.78, 5) is 30.2. The van der Waals surface area contributed by atoms with E-state index in [1.165, 1.54) is 17.0 Å². The van der Waals surface area contributed by atoms with Crippen molar-refractivity contribution in [1.82, 2.24) is 9.66 Å². The number of aryl methyl sites for hydroxylation is 1. The van der Waals surface area contributed by atoms with Crippen LogP contribution in [0.2, 0.25) is 0 Å². The van der Waals surface area contributed by atoms with E-state index in [0.717, 1.165) is 28.0 Å². The molecular weight excluding hydrogens is 624 g/mol. The molecule has 0 saturated heterocycles. The molecule has 5 rings (SSSR count). The molecule has 4 aromatic carbocycles. The fraction of sp³-hybridized carbons (Fsp3) is 0.206. The van der Waals surface area contributed by atoms with Gasteiger partial charge in [0.15, 0.2) is 5.82 Å². The van der Waals surface area contributed by atoms with Crippen molar-refractivity contribution in [3.05, 3.63) is 126 Å². The third-order valence-corrected chi connectivity index (χ3v) is 7.65. The van der Waals surface area contributed by atoms with Crippen molar-refractivity contribution in [3.8, 4) is 22.9 Å². The average molecular weight is 656 g/mol. The molecule has 224 valence electrons. The highest BCUT2D eigenvalue weighted by molar-refractivity contribution is 9.10. The van der Waals surface area contributed by atoms with Crippen LogP contribution in [0.25, 0.3) is 22.3 Å². The molecule has 0 radical (unpaired) electrons. The second-order valence-electron chi connectivity index (χ2n) is 10.5. The Morgan fingerprint density at radius 2 is 1.77 bits per heavy atom. The van der Waals surface area contributed by atoms with Crippen molar-refractivity contribution >= 4 is 38.7 Å². The number of hydrogen-bond donors (Lipinski definition) is 0. The standard InChI is InChI=1S/C34H31BrN4O5/c1-5-43-31-15-22(4)27(18-26(31)21(2)3)33-37-29-14-10-9-13-25(29)34(40)38(33)36-19-24-16-28(35)32(30(17-24)39(41)42)44-20-23-11-7-6-8-12-23/h6-19,21H,5,20H2,1-4H3. The third-order valence-electron chi connectivity index (χ3n) is 7.06. The number of hydrogen-bond acceptors (Lipinski definition) is 7. The molecule has 9 nitrogen and oxygen atoms in total. The molecule has 0 atom stereocenters. The molecule has 0 spiro atoms. The van der Waals surface area contributed by atoms with E-state index in [4.69, 9.17) is 14.5 Å². The van der Waals surface area contributed by atoms with Gasteiger partial charge in [0.1, 0.15) is 12.4 Å².